The Morgan fingerprint density at radius 2 is 1.78 bits per heavy atom. The topological polar surface area (TPSA) is 136 Å². The van der Waals surface area contributed by atoms with Crippen LogP contribution < -0.4 is 10.5 Å². The maximum absolute atomic E-state index is 12.2. The third kappa shape index (κ3) is 5.47. The molecule has 0 aromatic heterocycles. The van der Waals surface area contributed by atoms with Gasteiger partial charge in [0.25, 0.3) is 5.91 Å². The van der Waals surface area contributed by atoms with Gasteiger partial charge in [0.1, 0.15) is 6.04 Å². The summed E-state index contributed by atoms with van der Waals surface area (Å²) < 4.78 is 31.2. The van der Waals surface area contributed by atoms with Gasteiger partial charge in [-0.15, -0.1) is 0 Å². The van der Waals surface area contributed by atoms with Crippen molar-refractivity contribution in [1.82, 2.24) is 4.72 Å². The number of benzene rings is 1. The van der Waals surface area contributed by atoms with Gasteiger partial charge in [-0.3, -0.25) is 9.59 Å². The number of hydrogen-bond acceptors (Lipinski definition) is 6. The van der Waals surface area contributed by atoms with E-state index in [0.29, 0.717) is 5.02 Å². The molecule has 3 atom stereocenters. The molecule has 0 aliphatic rings. The highest BCUT2D eigenvalue weighted by Gasteiger charge is 2.32. The van der Waals surface area contributed by atoms with Crippen LogP contribution in [0.5, 0.6) is 0 Å². The molecular weight excluding hydrogens is 348 g/mol. The van der Waals surface area contributed by atoms with Crippen LogP contribution in [0.1, 0.15) is 13.8 Å². The Labute approximate surface area is 138 Å². The van der Waals surface area contributed by atoms with Crippen LogP contribution in [0.4, 0.5) is 0 Å². The fourth-order valence-corrected chi connectivity index (χ4v) is 2.88. The van der Waals surface area contributed by atoms with Gasteiger partial charge in [0.15, 0.2) is 6.10 Å². The molecule has 0 fully saturated rings. The molecule has 1 aromatic rings. The van der Waals surface area contributed by atoms with Gasteiger partial charge in [0.2, 0.25) is 10.0 Å². The number of carbonyl (C=O) groups is 2. The number of primary amides is 1. The van der Waals surface area contributed by atoms with Crippen LogP contribution in [-0.4, -0.2) is 43.7 Å². The number of carbonyl (C=O) groups excluding carboxylic acids is 2. The standard InChI is InChI=1S/C13H17ClN2O6S/c1-7(17)11(13(19)22-8(2)12(15)18)16-23(20,21)10-5-3-9(14)4-6-10/h3-8,11,16-17H,1-2H3,(H2,15,18)/t7-,8-,11-/m0/s1. The lowest BCUT2D eigenvalue weighted by atomic mass is 10.2. The van der Waals surface area contributed by atoms with Crippen molar-refractivity contribution in [2.45, 2.75) is 37.0 Å². The molecule has 0 aliphatic carbocycles. The second kappa shape index (κ2) is 7.73. The Bertz CT molecular complexity index is 674. The minimum atomic E-state index is -4.11. The fraction of sp³-hybridized carbons (Fsp3) is 0.385. The van der Waals surface area contributed by atoms with E-state index in [1.165, 1.54) is 38.1 Å². The number of hydrogen-bond donors (Lipinski definition) is 3. The average molecular weight is 365 g/mol. The van der Waals surface area contributed by atoms with E-state index in [2.05, 4.69) is 0 Å². The number of sulfonamides is 1. The van der Waals surface area contributed by atoms with Crippen LogP contribution >= 0.6 is 11.6 Å². The Morgan fingerprint density at radius 3 is 2.22 bits per heavy atom. The van der Waals surface area contributed by atoms with Gasteiger partial charge < -0.3 is 15.6 Å². The van der Waals surface area contributed by atoms with E-state index in [1.807, 2.05) is 4.72 Å². The van der Waals surface area contributed by atoms with Crippen molar-refractivity contribution >= 4 is 33.5 Å². The largest absolute Gasteiger partial charge is 0.451 e. The lowest BCUT2D eigenvalue weighted by molar-refractivity contribution is -0.157. The number of nitrogens with one attached hydrogen (secondary N) is 1. The number of aliphatic hydroxyl groups excluding tert-OH is 1. The monoisotopic (exact) mass is 364 g/mol. The minimum absolute atomic E-state index is 0.150. The third-order valence-corrected chi connectivity index (χ3v) is 4.54. The summed E-state index contributed by atoms with van der Waals surface area (Å²) in [6, 6.07) is 3.60. The van der Waals surface area contributed by atoms with Crippen molar-refractivity contribution in [1.29, 1.82) is 0 Å². The third-order valence-electron chi connectivity index (χ3n) is 2.84. The summed E-state index contributed by atoms with van der Waals surface area (Å²) in [6.45, 7) is 2.43. The molecule has 0 radical (unpaired) electrons. The predicted octanol–water partition coefficient (Wildman–Crippen LogP) is -0.215. The minimum Gasteiger partial charge on any atom is -0.451 e. The molecule has 4 N–H and O–H groups in total. The van der Waals surface area contributed by atoms with Crippen molar-refractivity contribution in [2.75, 3.05) is 0 Å². The highest BCUT2D eigenvalue weighted by Crippen LogP contribution is 2.15. The summed E-state index contributed by atoms with van der Waals surface area (Å²) in [5.74, 6) is -2.02. The molecule has 1 rings (SSSR count). The first-order chi connectivity index (χ1) is 10.5. The number of aliphatic hydroxyl groups is 1. The maximum Gasteiger partial charge on any atom is 0.327 e. The molecule has 0 saturated carbocycles. The van der Waals surface area contributed by atoms with Gasteiger partial charge in [0.05, 0.1) is 11.0 Å². The summed E-state index contributed by atoms with van der Waals surface area (Å²) in [7, 11) is -4.11. The Morgan fingerprint density at radius 1 is 1.26 bits per heavy atom. The molecule has 0 spiro atoms. The van der Waals surface area contributed by atoms with Gasteiger partial charge in [0, 0.05) is 5.02 Å². The zero-order chi connectivity index (χ0) is 17.8. The van der Waals surface area contributed by atoms with E-state index in [9.17, 15) is 23.1 Å². The van der Waals surface area contributed by atoms with Crippen LogP contribution in [-0.2, 0) is 24.3 Å². The molecule has 0 unspecified atom stereocenters. The lowest BCUT2D eigenvalue weighted by Gasteiger charge is -2.21. The van der Waals surface area contributed by atoms with Crippen molar-refractivity contribution in [3.05, 3.63) is 29.3 Å². The number of esters is 1. The van der Waals surface area contributed by atoms with Gasteiger partial charge in [-0.1, -0.05) is 11.6 Å². The summed E-state index contributed by atoms with van der Waals surface area (Å²) in [5, 5.41) is 9.96. The second-order valence-electron chi connectivity index (χ2n) is 4.77. The molecule has 8 nitrogen and oxygen atoms in total. The SMILES string of the molecule is C[C@H](OC(=O)[C@@H](NS(=O)(=O)c1ccc(Cl)cc1)[C@H](C)O)C(N)=O. The van der Waals surface area contributed by atoms with Crippen LogP contribution in [0.2, 0.25) is 5.02 Å². The fourth-order valence-electron chi connectivity index (χ4n) is 1.50. The van der Waals surface area contributed by atoms with Crippen molar-refractivity contribution in [3.8, 4) is 0 Å². The molecule has 0 heterocycles. The van der Waals surface area contributed by atoms with Gasteiger partial charge >= 0.3 is 5.97 Å². The average Bonchev–Trinajstić information content (AvgIpc) is 2.44. The molecule has 1 aromatic carbocycles. The lowest BCUT2D eigenvalue weighted by Crippen LogP contribution is -2.49. The van der Waals surface area contributed by atoms with Gasteiger partial charge in [-0.25, -0.2) is 8.42 Å². The zero-order valence-corrected chi connectivity index (χ0v) is 14.0. The number of halogens is 1. The predicted molar refractivity (Wildman–Crippen MR) is 82.0 cm³/mol. The van der Waals surface area contributed by atoms with Gasteiger partial charge in [-0.05, 0) is 38.1 Å². The Balaban J connectivity index is 2.97. The van der Waals surface area contributed by atoms with Crippen LogP contribution in [0.15, 0.2) is 29.2 Å². The number of ether oxygens (including phenoxy) is 1. The highest BCUT2D eigenvalue weighted by atomic mass is 35.5. The molecule has 23 heavy (non-hydrogen) atoms. The van der Waals surface area contributed by atoms with Crippen LogP contribution in [0.3, 0.4) is 0 Å². The van der Waals surface area contributed by atoms with Crippen molar-refractivity contribution in [3.63, 3.8) is 0 Å². The molecule has 0 saturated heterocycles. The molecule has 1 amide bonds. The van der Waals surface area contributed by atoms with Gasteiger partial charge in [-0.2, -0.15) is 4.72 Å². The normalized spacial score (nSPS) is 15.5. The van der Waals surface area contributed by atoms with E-state index in [4.69, 9.17) is 22.1 Å². The number of amides is 1. The first-order valence-corrected chi connectivity index (χ1v) is 8.36. The van der Waals surface area contributed by atoms with E-state index >= 15 is 0 Å². The molecular formula is C13H17ClN2O6S. The van der Waals surface area contributed by atoms with Crippen LogP contribution in [0, 0.1) is 0 Å². The second-order valence-corrected chi connectivity index (χ2v) is 6.93. The maximum atomic E-state index is 12.2. The van der Waals surface area contributed by atoms with E-state index in [0.717, 1.165) is 0 Å². The molecule has 128 valence electrons. The molecule has 0 aliphatic heterocycles. The summed E-state index contributed by atoms with van der Waals surface area (Å²) >= 11 is 5.68. The zero-order valence-electron chi connectivity index (χ0n) is 12.4. The molecule has 0 bridgehead atoms. The first kappa shape index (κ1) is 19.4. The Hall–Kier alpha value is -1.68. The summed E-state index contributed by atoms with van der Waals surface area (Å²) in [6.07, 6.45) is -2.66. The summed E-state index contributed by atoms with van der Waals surface area (Å²) in [5.41, 5.74) is 4.96. The Kier molecular flexibility index (Phi) is 6.51. The highest BCUT2D eigenvalue weighted by molar-refractivity contribution is 7.89. The van der Waals surface area contributed by atoms with E-state index < -0.39 is 40.1 Å². The number of rotatable bonds is 7. The van der Waals surface area contributed by atoms with Crippen molar-refractivity contribution in [2.24, 2.45) is 5.73 Å². The van der Waals surface area contributed by atoms with E-state index in [-0.39, 0.29) is 4.90 Å². The summed E-state index contributed by atoms with van der Waals surface area (Å²) in [4.78, 5) is 22.7. The quantitative estimate of drug-likeness (QED) is 0.572. The first-order valence-electron chi connectivity index (χ1n) is 6.50. The molecule has 10 heteroatoms. The smallest absolute Gasteiger partial charge is 0.327 e. The van der Waals surface area contributed by atoms with Crippen LogP contribution in [0.25, 0.3) is 0 Å². The van der Waals surface area contributed by atoms with Crippen molar-refractivity contribution < 1.29 is 27.9 Å². The number of nitrogens with two attached hydrogens (primary N) is 1. The van der Waals surface area contributed by atoms with E-state index in [1.54, 1.807) is 0 Å².